The molecule has 0 spiro atoms. The van der Waals surface area contributed by atoms with Crippen LogP contribution in [0.15, 0.2) is 0 Å². The van der Waals surface area contributed by atoms with Crippen LogP contribution < -0.4 is 0 Å². The van der Waals surface area contributed by atoms with Crippen molar-refractivity contribution in [3.63, 3.8) is 0 Å². The van der Waals surface area contributed by atoms with Gasteiger partial charge in [0.1, 0.15) is 0 Å². The normalized spacial score (nSPS) is 11.1. The number of hydrogen-bond acceptors (Lipinski definition) is 3. The van der Waals surface area contributed by atoms with Crippen LogP contribution in [0.2, 0.25) is 0 Å². The average molecular weight is 631 g/mol. The molecule has 0 aromatic heterocycles. The molecule has 0 amide bonds. The molecule has 0 aliphatic heterocycles. The second-order valence-electron chi connectivity index (χ2n) is 7.54. The van der Waals surface area contributed by atoms with Gasteiger partial charge >= 0.3 is 11.9 Å². The van der Waals surface area contributed by atoms with Gasteiger partial charge in [-0.2, -0.15) is 12.8 Å². The second-order valence-corrected chi connectivity index (χ2v) is 7.54. The van der Waals surface area contributed by atoms with E-state index in [1.54, 1.807) is 0 Å². The van der Waals surface area contributed by atoms with Gasteiger partial charge in [-0.1, -0.05) is 80.1 Å². The van der Waals surface area contributed by atoms with E-state index in [1.165, 1.54) is 0 Å². The monoisotopic (exact) mass is 630 g/mol. The summed E-state index contributed by atoms with van der Waals surface area (Å²) in [5.74, 6) is -1.58. The van der Waals surface area contributed by atoms with Crippen molar-refractivity contribution in [2.75, 3.05) is 0 Å². The molecule has 0 aromatic carbocycles. The van der Waals surface area contributed by atoms with E-state index >= 15 is 0 Å². The fourth-order valence-electron chi connectivity index (χ4n) is 2.73. The predicted molar refractivity (Wildman–Crippen MR) is 123 cm³/mol. The minimum atomic E-state index is -0.726. The number of carboxylic acid groups (broad SMARTS) is 3. The molecule has 193 valence electrons. The zero-order chi connectivity index (χ0) is 23.9. The van der Waals surface area contributed by atoms with Gasteiger partial charge in [-0.15, -0.1) is 0 Å². The standard InChI is InChI=1S/2C8H16O2.C8H15O2.Ce.Co/c3*1-3-5-6-7(4-2)8(9)10;;/h2*7H,3-6H2,1-2H3,(H,9,10);3-6H2,1-2H3,(H,9,10);;/q;;-1;;. The number of carbonyl (C=O) groups is 3. The van der Waals surface area contributed by atoms with E-state index in [-0.39, 0.29) is 70.4 Å². The van der Waals surface area contributed by atoms with Gasteiger partial charge in [0.25, 0.3) is 0 Å². The first-order valence-electron chi connectivity index (χ1n) is 11.7. The van der Waals surface area contributed by atoms with Crippen LogP contribution in [0.1, 0.15) is 119 Å². The molecule has 0 saturated heterocycles. The van der Waals surface area contributed by atoms with Crippen molar-refractivity contribution in [3.05, 3.63) is 5.92 Å². The molecule has 0 aliphatic rings. The Morgan fingerprint density at radius 3 is 1.22 bits per heavy atom. The van der Waals surface area contributed by atoms with Crippen LogP contribution in [0.5, 0.6) is 0 Å². The average Bonchev–Trinajstić information content (AvgIpc) is 2.70. The van der Waals surface area contributed by atoms with E-state index in [9.17, 15) is 14.4 Å². The molecule has 0 aliphatic carbocycles. The van der Waals surface area contributed by atoms with Crippen LogP contribution in [0.25, 0.3) is 0 Å². The van der Waals surface area contributed by atoms with Crippen molar-refractivity contribution in [2.45, 2.75) is 119 Å². The fourth-order valence-corrected chi connectivity index (χ4v) is 2.73. The molecule has 0 fully saturated rings. The summed E-state index contributed by atoms with van der Waals surface area (Å²) in [6.45, 7) is 12.0. The summed E-state index contributed by atoms with van der Waals surface area (Å²) >= 11 is 0. The smallest absolute Gasteiger partial charge is 0.306 e. The predicted octanol–water partition coefficient (Wildman–Crippen LogP) is 6.82. The van der Waals surface area contributed by atoms with Crippen molar-refractivity contribution in [1.82, 2.24) is 0 Å². The minimum absolute atomic E-state index is 0. The fraction of sp³-hybridized carbons (Fsp3) is 0.833. The third-order valence-electron chi connectivity index (χ3n) is 5.06. The van der Waals surface area contributed by atoms with Crippen LogP contribution in [0.3, 0.4) is 0 Å². The first kappa shape index (κ1) is 42.3. The van der Waals surface area contributed by atoms with E-state index in [0.29, 0.717) is 12.3 Å². The molecule has 6 nitrogen and oxygen atoms in total. The summed E-state index contributed by atoms with van der Waals surface area (Å²) < 4.78 is 0. The summed E-state index contributed by atoms with van der Waals surface area (Å²) in [5, 5.41) is 25.8. The van der Waals surface area contributed by atoms with Crippen molar-refractivity contribution >= 4 is 17.9 Å². The maximum Gasteiger partial charge on any atom is 0.306 e. The molecule has 8 heteroatoms. The van der Waals surface area contributed by atoms with Crippen molar-refractivity contribution in [2.24, 2.45) is 11.8 Å². The molecule has 0 bridgehead atoms. The Bertz CT molecular complexity index is 373. The quantitative estimate of drug-likeness (QED) is 0.171. The Hall–Kier alpha value is 0.163. The van der Waals surface area contributed by atoms with E-state index in [1.807, 2.05) is 20.8 Å². The van der Waals surface area contributed by atoms with E-state index in [2.05, 4.69) is 20.8 Å². The summed E-state index contributed by atoms with van der Waals surface area (Å²) in [6, 6.07) is 0. The molecule has 0 saturated carbocycles. The van der Waals surface area contributed by atoms with Crippen LogP contribution in [-0.2, 0) is 31.2 Å². The Kier molecular flexibility index (Phi) is 41.2. The van der Waals surface area contributed by atoms with E-state index in [0.717, 1.165) is 70.6 Å². The van der Waals surface area contributed by atoms with Gasteiger partial charge in [0.2, 0.25) is 0 Å². The van der Waals surface area contributed by atoms with Crippen LogP contribution >= 0.6 is 0 Å². The first-order chi connectivity index (χ1) is 14.2. The van der Waals surface area contributed by atoms with E-state index in [4.69, 9.17) is 15.3 Å². The second kappa shape index (κ2) is 31.2. The van der Waals surface area contributed by atoms with Gasteiger partial charge in [0.15, 0.2) is 5.97 Å². The van der Waals surface area contributed by atoms with Crippen molar-refractivity contribution < 1.29 is 88.2 Å². The molecule has 0 heterocycles. The first-order valence-corrected chi connectivity index (χ1v) is 11.7. The van der Waals surface area contributed by atoms with Crippen molar-refractivity contribution in [1.29, 1.82) is 0 Å². The number of carboxylic acids is 3. The Morgan fingerprint density at radius 1 is 0.688 bits per heavy atom. The molecule has 1 radical (unpaired) electrons. The minimum Gasteiger partial charge on any atom is -0.503 e. The molecule has 0 aromatic rings. The van der Waals surface area contributed by atoms with Gasteiger partial charge < -0.3 is 15.3 Å². The van der Waals surface area contributed by atoms with Gasteiger partial charge in [0.05, 0.1) is 11.8 Å². The van der Waals surface area contributed by atoms with Crippen LogP contribution in [0.4, 0.5) is 0 Å². The SMILES string of the molecule is CCCCC(CC)C(=O)O.CCCCC(CC)C(=O)O.CCCC[C-](CC)C(=O)O.[Ce].[Co]. The summed E-state index contributed by atoms with van der Waals surface area (Å²) in [6.07, 6.45) is 10.9. The third kappa shape index (κ3) is 28.2. The van der Waals surface area contributed by atoms with Crippen LogP contribution in [-0.4, -0.2) is 33.2 Å². The number of aliphatic carboxylic acids is 3. The Morgan fingerprint density at radius 2 is 1.03 bits per heavy atom. The number of hydrogen-bond donors (Lipinski definition) is 3. The Labute approximate surface area is 240 Å². The zero-order valence-electron chi connectivity index (χ0n) is 21.0. The molecule has 2 unspecified atom stereocenters. The molecular formula is C24H47CeCoO6-. The van der Waals surface area contributed by atoms with Gasteiger partial charge in [-0.05, 0) is 25.7 Å². The van der Waals surface area contributed by atoms with Crippen molar-refractivity contribution in [3.8, 4) is 0 Å². The number of unbranched alkanes of at least 4 members (excludes halogenated alkanes) is 3. The van der Waals surface area contributed by atoms with Gasteiger partial charge in [-0.3, -0.25) is 20.3 Å². The zero-order valence-corrected chi connectivity index (χ0v) is 25.2. The van der Waals surface area contributed by atoms with Crippen LogP contribution in [0, 0.1) is 59.5 Å². The summed E-state index contributed by atoms with van der Waals surface area (Å²) in [7, 11) is 0. The Balaban J connectivity index is -0.000000110. The largest absolute Gasteiger partial charge is 0.503 e. The number of rotatable bonds is 15. The molecule has 2 atom stereocenters. The molecule has 0 rings (SSSR count). The van der Waals surface area contributed by atoms with Gasteiger partial charge in [-0.25, -0.2) is 0 Å². The third-order valence-corrected chi connectivity index (χ3v) is 5.06. The molecular weight excluding hydrogens is 583 g/mol. The van der Waals surface area contributed by atoms with E-state index < -0.39 is 17.9 Å². The maximum absolute atomic E-state index is 10.4. The van der Waals surface area contributed by atoms with Gasteiger partial charge in [0, 0.05) is 58.5 Å². The topological polar surface area (TPSA) is 112 Å². The molecule has 32 heavy (non-hydrogen) atoms. The molecule has 3 N–H and O–H groups in total. The summed E-state index contributed by atoms with van der Waals surface area (Å²) in [5.41, 5.74) is 0. The summed E-state index contributed by atoms with van der Waals surface area (Å²) in [4.78, 5) is 31.3. The maximum atomic E-state index is 10.4.